The third kappa shape index (κ3) is 6.30. The fourth-order valence-corrected chi connectivity index (χ4v) is 2.29. The molecule has 0 aliphatic rings. The molecule has 2 aromatic rings. The molecule has 2 N–H and O–H groups in total. The van der Waals surface area contributed by atoms with E-state index in [1.807, 2.05) is 55.5 Å². The fraction of sp³-hybridized carbons (Fsp3) is 0.300. The summed E-state index contributed by atoms with van der Waals surface area (Å²) in [6.07, 6.45) is 1.18. The van der Waals surface area contributed by atoms with Gasteiger partial charge in [-0.3, -0.25) is 9.59 Å². The van der Waals surface area contributed by atoms with Crippen molar-refractivity contribution in [2.75, 3.05) is 31.3 Å². The molecule has 2 rings (SSSR count). The number of nitrogens with one attached hydrogen (secondary N) is 2. The SMILES string of the molecule is Cc1ccc(NCC(=O)Nc2ccc(CCC(=O)N(C)C)cc2)cc1. The van der Waals surface area contributed by atoms with Gasteiger partial charge in [-0.05, 0) is 43.2 Å². The van der Waals surface area contributed by atoms with Gasteiger partial charge < -0.3 is 15.5 Å². The third-order valence-electron chi connectivity index (χ3n) is 3.87. The van der Waals surface area contributed by atoms with Crippen molar-refractivity contribution in [2.45, 2.75) is 19.8 Å². The third-order valence-corrected chi connectivity index (χ3v) is 3.87. The maximum Gasteiger partial charge on any atom is 0.243 e. The molecule has 25 heavy (non-hydrogen) atoms. The van der Waals surface area contributed by atoms with Crippen LogP contribution < -0.4 is 10.6 Å². The van der Waals surface area contributed by atoms with Crippen LogP contribution in [0, 0.1) is 6.92 Å². The summed E-state index contributed by atoms with van der Waals surface area (Å²) in [5.41, 5.74) is 3.92. The van der Waals surface area contributed by atoms with Crippen molar-refractivity contribution in [2.24, 2.45) is 0 Å². The second kappa shape index (κ2) is 8.87. The molecule has 0 aliphatic heterocycles. The van der Waals surface area contributed by atoms with E-state index in [2.05, 4.69) is 10.6 Å². The Balaban J connectivity index is 1.78. The number of anilines is 2. The van der Waals surface area contributed by atoms with Gasteiger partial charge in [0.15, 0.2) is 0 Å². The second-order valence-corrected chi connectivity index (χ2v) is 6.25. The number of aryl methyl sites for hydroxylation is 2. The summed E-state index contributed by atoms with van der Waals surface area (Å²) in [6.45, 7) is 2.23. The normalized spacial score (nSPS) is 10.2. The van der Waals surface area contributed by atoms with E-state index in [1.54, 1.807) is 19.0 Å². The summed E-state index contributed by atoms with van der Waals surface area (Å²) < 4.78 is 0. The Hall–Kier alpha value is -2.82. The zero-order valence-electron chi connectivity index (χ0n) is 15.0. The highest BCUT2D eigenvalue weighted by Gasteiger charge is 2.05. The minimum absolute atomic E-state index is 0.101. The lowest BCUT2D eigenvalue weighted by Crippen LogP contribution is -2.22. The Kier molecular flexibility index (Phi) is 6.57. The summed E-state index contributed by atoms with van der Waals surface area (Å²) in [7, 11) is 3.51. The van der Waals surface area contributed by atoms with Crippen LogP contribution in [0.4, 0.5) is 11.4 Å². The van der Waals surface area contributed by atoms with Gasteiger partial charge in [-0.2, -0.15) is 0 Å². The zero-order valence-corrected chi connectivity index (χ0v) is 15.0. The number of carbonyl (C=O) groups excluding carboxylic acids is 2. The van der Waals surface area contributed by atoms with E-state index >= 15 is 0 Å². The van der Waals surface area contributed by atoms with Gasteiger partial charge in [-0.25, -0.2) is 0 Å². The van der Waals surface area contributed by atoms with Crippen molar-refractivity contribution in [3.63, 3.8) is 0 Å². The van der Waals surface area contributed by atoms with Crippen molar-refractivity contribution in [3.05, 3.63) is 59.7 Å². The quantitative estimate of drug-likeness (QED) is 0.815. The van der Waals surface area contributed by atoms with Gasteiger partial charge in [0.05, 0.1) is 6.54 Å². The first-order valence-electron chi connectivity index (χ1n) is 8.33. The first-order chi connectivity index (χ1) is 11.9. The minimum Gasteiger partial charge on any atom is -0.376 e. The Morgan fingerprint density at radius 2 is 1.52 bits per heavy atom. The van der Waals surface area contributed by atoms with Gasteiger partial charge >= 0.3 is 0 Å². The number of hydrogen-bond acceptors (Lipinski definition) is 3. The molecule has 0 radical (unpaired) electrons. The van der Waals surface area contributed by atoms with E-state index in [4.69, 9.17) is 0 Å². The number of nitrogens with zero attached hydrogens (tertiary/aromatic N) is 1. The number of hydrogen-bond donors (Lipinski definition) is 2. The predicted octanol–water partition coefficient (Wildman–Crippen LogP) is 3.07. The molecule has 0 fully saturated rings. The van der Waals surface area contributed by atoms with Gasteiger partial charge in [-0.1, -0.05) is 29.8 Å². The Morgan fingerprint density at radius 1 is 0.920 bits per heavy atom. The molecule has 0 saturated heterocycles. The number of rotatable bonds is 7. The molecule has 0 atom stereocenters. The van der Waals surface area contributed by atoms with Crippen LogP contribution in [0.3, 0.4) is 0 Å². The molecule has 2 amide bonds. The zero-order chi connectivity index (χ0) is 18.2. The number of amides is 2. The molecule has 0 spiro atoms. The summed E-state index contributed by atoms with van der Waals surface area (Å²) in [5, 5.41) is 5.95. The molecule has 5 heteroatoms. The summed E-state index contributed by atoms with van der Waals surface area (Å²) in [5.74, 6) is 0.00988. The smallest absolute Gasteiger partial charge is 0.243 e. The number of carbonyl (C=O) groups is 2. The molecule has 132 valence electrons. The summed E-state index contributed by atoms with van der Waals surface area (Å²) in [4.78, 5) is 25.2. The van der Waals surface area contributed by atoms with Crippen LogP contribution in [0.25, 0.3) is 0 Å². The minimum atomic E-state index is -0.101. The van der Waals surface area contributed by atoms with E-state index in [9.17, 15) is 9.59 Å². The molecule has 5 nitrogen and oxygen atoms in total. The maximum absolute atomic E-state index is 12.0. The van der Waals surface area contributed by atoms with Crippen LogP contribution in [0.5, 0.6) is 0 Å². The Bertz CT molecular complexity index is 707. The molecule has 0 bridgehead atoms. The van der Waals surface area contributed by atoms with Crippen LogP contribution in [-0.4, -0.2) is 37.4 Å². The standard InChI is InChI=1S/C20H25N3O2/c1-15-4-9-17(10-5-15)21-14-19(24)22-18-11-6-16(7-12-18)8-13-20(25)23(2)3/h4-7,9-12,21H,8,13-14H2,1-3H3,(H,22,24). The van der Waals surface area contributed by atoms with Gasteiger partial charge in [0.2, 0.25) is 11.8 Å². The predicted molar refractivity (Wildman–Crippen MR) is 102 cm³/mol. The summed E-state index contributed by atoms with van der Waals surface area (Å²) in [6, 6.07) is 15.5. The molecule has 2 aromatic carbocycles. The van der Waals surface area contributed by atoms with E-state index < -0.39 is 0 Å². The topological polar surface area (TPSA) is 61.4 Å². The Labute approximate surface area is 149 Å². The van der Waals surface area contributed by atoms with Gasteiger partial charge in [0.25, 0.3) is 0 Å². The van der Waals surface area contributed by atoms with Crippen LogP contribution in [0.1, 0.15) is 17.5 Å². The van der Waals surface area contributed by atoms with Gasteiger partial charge in [-0.15, -0.1) is 0 Å². The maximum atomic E-state index is 12.0. The van der Waals surface area contributed by atoms with E-state index in [0.29, 0.717) is 12.8 Å². The van der Waals surface area contributed by atoms with E-state index in [-0.39, 0.29) is 18.4 Å². The lowest BCUT2D eigenvalue weighted by Gasteiger charge is -2.10. The lowest BCUT2D eigenvalue weighted by molar-refractivity contribution is -0.128. The van der Waals surface area contributed by atoms with Crippen molar-refractivity contribution >= 4 is 23.2 Å². The number of benzene rings is 2. The van der Waals surface area contributed by atoms with Crippen LogP contribution in [0.2, 0.25) is 0 Å². The first-order valence-corrected chi connectivity index (χ1v) is 8.33. The van der Waals surface area contributed by atoms with Crippen LogP contribution in [0.15, 0.2) is 48.5 Å². The van der Waals surface area contributed by atoms with Crippen molar-refractivity contribution in [3.8, 4) is 0 Å². The molecule has 0 aliphatic carbocycles. The van der Waals surface area contributed by atoms with Crippen LogP contribution >= 0.6 is 0 Å². The lowest BCUT2D eigenvalue weighted by atomic mass is 10.1. The molecular formula is C20H25N3O2. The molecule has 0 aromatic heterocycles. The van der Waals surface area contributed by atoms with Gasteiger partial charge in [0, 0.05) is 31.9 Å². The van der Waals surface area contributed by atoms with Gasteiger partial charge in [0.1, 0.15) is 0 Å². The second-order valence-electron chi connectivity index (χ2n) is 6.25. The highest BCUT2D eigenvalue weighted by Crippen LogP contribution is 2.12. The molecular weight excluding hydrogens is 314 g/mol. The summed E-state index contributed by atoms with van der Waals surface area (Å²) >= 11 is 0. The molecule has 0 saturated carbocycles. The molecule has 0 unspecified atom stereocenters. The fourth-order valence-electron chi connectivity index (χ4n) is 2.29. The Morgan fingerprint density at radius 3 is 2.12 bits per heavy atom. The first kappa shape index (κ1) is 18.5. The van der Waals surface area contributed by atoms with E-state index in [1.165, 1.54) is 5.56 Å². The largest absolute Gasteiger partial charge is 0.376 e. The monoisotopic (exact) mass is 339 g/mol. The van der Waals surface area contributed by atoms with Crippen molar-refractivity contribution < 1.29 is 9.59 Å². The van der Waals surface area contributed by atoms with E-state index in [0.717, 1.165) is 16.9 Å². The molecule has 0 heterocycles. The highest BCUT2D eigenvalue weighted by molar-refractivity contribution is 5.93. The van der Waals surface area contributed by atoms with Crippen LogP contribution in [-0.2, 0) is 16.0 Å². The van der Waals surface area contributed by atoms with Crippen molar-refractivity contribution in [1.82, 2.24) is 4.90 Å². The van der Waals surface area contributed by atoms with Crippen molar-refractivity contribution in [1.29, 1.82) is 0 Å². The highest BCUT2D eigenvalue weighted by atomic mass is 16.2. The average molecular weight is 339 g/mol. The average Bonchev–Trinajstić information content (AvgIpc) is 2.60.